The minimum Gasteiger partial charge on any atom is -0.348 e. The highest BCUT2D eigenvalue weighted by Crippen LogP contribution is 2.21. The molecular formula is C13H15Cl2N3O2. The second-order valence-electron chi connectivity index (χ2n) is 3.94. The van der Waals surface area contributed by atoms with Gasteiger partial charge in [-0.3, -0.25) is 9.59 Å². The van der Waals surface area contributed by atoms with Crippen LogP contribution in [0.5, 0.6) is 0 Å². The lowest BCUT2D eigenvalue weighted by Crippen LogP contribution is -2.38. The molecule has 0 saturated carbocycles. The quantitative estimate of drug-likeness (QED) is 0.379. The number of unbranched alkanes of at least 4 members (excludes halogenated alkanes) is 1. The van der Waals surface area contributed by atoms with Crippen molar-refractivity contribution in [2.24, 2.45) is 5.10 Å². The maximum Gasteiger partial charge on any atom is 0.329 e. The molecule has 0 radical (unpaired) electrons. The number of hydrogen-bond donors (Lipinski definition) is 2. The summed E-state index contributed by atoms with van der Waals surface area (Å²) in [6, 6.07) is 4.99. The van der Waals surface area contributed by atoms with E-state index >= 15 is 0 Å². The van der Waals surface area contributed by atoms with Gasteiger partial charge in [0.25, 0.3) is 0 Å². The predicted octanol–water partition coefficient (Wildman–Crippen LogP) is 2.36. The summed E-state index contributed by atoms with van der Waals surface area (Å²) in [6.07, 6.45) is 3.05. The molecule has 0 fully saturated rings. The van der Waals surface area contributed by atoms with E-state index in [1.807, 2.05) is 6.92 Å². The van der Waals surface area contributed by atoms with E-state index in [9.17, 15) is 9.59 Å². The molecule has 0 aliphatic rings. The van der Waals surface area contributed by atoms with Crippen LogP contribution < -0.4 is 10.7 Å². The fraction of sp³-hybridized carbons (Fsp3) is 0.308. The first-order valence-corrected chi connectivity index (χ1v) is 6.87. The van der Waals surface area contributed by atoms with E-state index in [1.54, 1.807) is 18.2 Å². The lowest BCUT2D eigenvalue weighted by atomic mass is 10.2. The predicted molar refractivity (Wildman–Crippen MR) is 80.1 cm³/mol. The molecule has 108 valence electrons. The third kappa shape index (κ3) is 5.19. The van der Waals surface area contributed by atoms with Crippen LogP contribution in [0.1, 0.15) is 25.3 Å². The van der Waals surface area contributed by atoms with E-state index in [0.29, 0.717) is 22.2 Å². The maximum absolute atomic E-state index is 11.4. The van der Waals surface area contributed by atoms with Gasteiger partial charge >= 0.3 is 11.8 Å². The normalized spacial score (nSPS) is 10.6. The largest absolute Gasteiger partial charge is 0.348 e. The Balaban J connectivity index is 2.52. The first-order chi connectivity index (χ1) is 9.56. The van der Waals surface area contributed by atoms with Crippen molar-refractivity contribution in [2.45, 2.75) is 19.8 Å². The maximum atomic E-state index is 11.4. The zero-order valence-corrected chi connectivity index (χ0v) is 12.5. The number of rotatable bonds is 5. The number of nitrogens with zero attached hydrogens (tertiary/aromatic N) is 1. The van der Waals surface area contributed by atoms with E-state index in [4.69, 9.17) is 23.2 Å². The molecule has 0 spiro atoms. The zero-order chi connectivity index (χ0) is 15.0. The van der Waals surface area contributed by atoms with Crippen molar-refractivity contribution in [2.75, 3.05) is 6.54 Å². The summed E-state index contributed by atoms with van der Waals surface area (Å²) in [4.78, 5) is 22.7. The molecule has 5 nitrogen and oxygen atoms in total. The number of nitrogens with one attached hydrogen (secondary N) is 2. The van der Waals surface area contributed by atoms with Gasteiger partial charge in [0, 0.05) is 12.1 Å². The number of amides is 2. The highest BCUT2D eigenvalue weighted by Gasteiger charge is 2.11. The third-order valence-corrected chi connectivity index (χ3v) is 3.04. The van der Waals surface area contributed by atoms with Gasteiger partial charge in [-0.05, 0) is 18.6 Å². The molecule has 0 atom stereocenters. The van der Waals surface area contributed by atoms with Gasteiger partial charge in [0.2, 0.25) is 0 Å². The van der Waals surface area contributed by atoms with E-state index in [0.717, 1.165) is 12.8 Å². The second-order valence-corrected chi connectivity index (χ2v) is 4.76. The van der Waals surface area contributed by atoms with Gasteiger partial charge in [0.15, 0.2) is 0 Å². The molecule has 1 rings (SSSR count). The number of hydrogen-bond acceptors (Lipinski definition) is 3. The Kier molecular flexibility index (Phi) is 7.04. The van der Waals surface area contributed by atoms with Gasteiger partial charge in [-0.15, -0.1) is 0 Å². The van der Waals surface area contributed by atoms with Crippen LogP contribution in [0, 0.1) is 0 Å². The number of carbonyl (C=O) groups excluding carboxylic acids is 2. The summed E-state index contributed by atoms with van der Waals surface area (Å²) in [5.41, 5.74) is 2.59. The van der Waals surface area contributed by atoms with Crippen molar-refractivity contribution < 1.29 is 9.59 Å². The molecule has 2 amide bonds. The lowest BCUT2D eigenvalue weighted by Gasteiger charge is -2.03. The van der Waals surface area contributed by atoms with Crippen molar-refractivity contribution in [3.05, 3.63) is 33.8 Å². The molecule has 0 bridgehead atoms. The monoisotopic (exact) mass is 315 g/mol. The highest BCUT2D eigenvalue weighted by molar-refractivity contribution is 6.38. The topological polar surface area (TPSA) is 70.6 Å². The van der Waals surface area contributed by atoms with Crippen molar-refractivity contribution in [1.29, 1.82) is 0 Å². The molecule has 20 heavy (non-hydrogen) atoms. The zero-order valence-electron chi connectivity index (χ0n) is 11.0. The molecule has 1 aromatic carbocycles. The average Bonchev–Trinajstić information content (AvgIpc) is 2.42. The lowest BCUT2D eigenvalue weighted by molar-refractivity contribution is -0.139. The Bertz CT molecular complexity index is 498. The summed E-state index contributed by atoms with van der Waals surface area (Å²) in [5, 5.41) is 6.95. The fourth-order valence-electron chi connectivity index (χ4n) is 1.30. The Labute approximate surface area is 127 Å². The summed E-state index contributed by atoms with van der Waals surface area (Å²) in [6.45, 7) is 2.45. The van der Waals surface area contributed by atoms with Gasteiger partial charge in [-0.25, -0.2) is 5.43 Å². The Morgan fingerprint density at radius 2 is 1.90 bits per heavy atom. The Morgan fingerprint density at radius 3 is 2.50 bits per heavy atom. The van der Waals surface area contributed by atoms with Crippen molar-refractivity contribution in [1.82, 2.24) is 10.7 Å². The second kappa shape index (κ2) is 8.55. The van der Waals surface area contributed by atoms with Crippen LogP contribution in [0.25, 0.3) is 0 Å². The number of carbonyl (C=O) groups is 2. The molecule has 0 aliphatic heterocycles. The molecular weight excluding hydrogens is 301 g/mol. The van der Waals surface area contributed by atoms with Gasteiger partial charge in [-0.2, -0.15) is 5.10 Å². The third-order valence-electron chi connectivity index (χ3n) is 2.38. The summed E-state index contributed by atoms with van der Waals surface area (Å²) in [7, 11) is 0. The van der Waals surface area contributed by atoms with Crippen molar-refractivity contribution in [3.63, 3.8) is 0 Å². The number of benzene rings is 1. The van der Waals surface area contributed by atoms with E-state index in [-0.39, 0.29) is 0 Å². The SMILES string of the molecule is CCCCNC(=O)C(=O)N/N=C\c1c(Cl)cccc1Cl. The van der Waals surface area contributed by atoms with Crippen molar-refractivity contribution >= 4 is 41.2 Å². The van der Waals surface area contributed by atoms with Gasteiger partial charge < -0.3 is 5.32 Å². The molecule has 2 N–H and O–H groups in total. The standard InChI is InChI=1S/C13H15Cl2N3O2/c1-2-3-7-16-12(19)13(20)18-17-8-9-10(14)5-4-6-11(9)15/h4-6,8H,2-3,7H2,1H3,(H,16,19)(H,18,20)/b17-8-. The summed E-state index contributed by atoms with van der Waals surface area (Å²) >= 11 is 11.8. The molecule has 0 heterocycles. The molecule has 0 aliphatic carbocycles. The molecule has 0 unspecified atom stereocenters. The number of halogens is 2. The van der Waals surface area contributed by atoms with E-state index in [2.05, 4.69) is 15.8 Å². The van der Waals surface area contributed by atoms with Crippen molar-refractivity contribution in [3.8, 4) is 0 Å². The minimum atomic E-state index is -0.833. The summed E-state index contributed by atoms with van der Waals surface area (Å²) < 4.78 is 0. The van der Waals surface area contributed by atoms with Crippen LogP contribution >= 0.6 is 23.2 Å². The smallest absolute Gasteiger partial charge is 0.329 e. The Hall–Kier alpha value is -1.59. The fourth-order valence-corrected chi connectivity index (χ4v) is 1.79. The first kappa shape index (κ1) is 16.5. The van der Waals surface area contributed by atoms with E-state index < -0.39 is 11.8 Å². The van der Waals surface area contributed by atoms with Gasteiger partial charge in [0.1, 0.15) is 0 Å². The van der Waals surface area contributed by atoms with Crippen LogP contribution in [0.15, 0.2) is 23.3 Å². The summed E-state index contributed by atoms with van der Waals surface area (Å²) in [5.74, 6) is -1.55. The first-order valence-electron chi connectivity index (χ1n) is 6.11. The average molecular weight is 316 g/mol. The number of hydrazone groups is 1. The van der Waals surface area contributed by atoms with Crippen LogP contribution in [-0.4, -0.2) is 24.6 Å². The minimum absolute atomic E-state index is 0.405. The van der Waals surface area contributed by atoms with Crippen LogP contribution in [0.2, 0.25) is 10.0 Å². The van der Waals surface area contributed by atoms with Crippen LogP contribution in [0.4, 0.5) is 0 Å². The van der Waals surface area contributed by atoms with E-state index in [1.165, 1.54) is 6.21 Å². The van der Waals surface area contributed by atoms with Crippen LogP contribution in [0.3, 0.4) is 0 Å². The Morgan fingerprint density at radius 1 is 1.25 bits per heavy atom. The van der Waals surface area contributed by atoms with Gasteiger partial charge in [-0.1, -0.05) is 42.6 Å². The molecule has 7 heteroatoms. The molecule has 0 saturated heterocycles. The molecule has 0 aromatic heterocycles. The molecule has 1 aromatic rings. The highest BCUT2D eigenvalue weighted by atomic mass is 35.5. The van der Waals surface area contributed by atoms with Gasteiger partial charge in [0.05, 0.1) is 16.3 Å². The van der Waals surface area contributed by atoms with Crippen LogP contribution in [-0.2, 0) is 9.59 Å².